The third-order valence-corrected chi connectivity index (χ3v) is 4.25. The number of benzene rings is 1. The minimum atomic E-state index is 0.349. The molecule has 0 heterocycles. The van der Waals surface area contributed by atoms with Crippen LogP contribution >= 0.6 is 0 Å². The average Bonchev–Trinajstić information content (AvgIpc) is 2.47. The van der Waals surface area contributed by atoms with Crippen molar-refractivity contribution in [3.05, 3.63) is 29.8 Å². The van der Waals surface area contributed by atoms with Crippen molar-refractivity contribution < 1.29 is 5.11 Å². The lowest BCUT2D eigenvalue weighted by Crippen LogP contribution is -2.36. The van der Waals surface area contributed by atoms with Gasteiger partial charge in [0.25, 0.3) is 0 Å². The lowest BCUT2D eigenvalue weighted by atomic mass is 9.75. The largest absolute Gasteiger partial charge is 0.508 e. The summed E-state index contributed by atoms with van der Waals surface area (Å²) in [4.78, 5) is 0. The van der Waals surface area contributed by atoms with Gasteiger partial charge in [0, 0.05) is 6.54 Å². The van der Waals surface area contributed by atoms with Gasteiger partial charge in [-0.1, -0.05) is 45.7 Å². The van der Waals surface area contributed by atoms with Crippen LogP contribution < -0.4 is 5.32 Å². The highest BCUT2D eigenvalue weighted by Crippen LogP contribution is 2.33. The lowest BCUT2D eigenvalue weighted by Gasteiger charge is -2.34. The molecule has 0 saturated carbocycles. The van der Waals surface area contributed by atoms with E-state index >= 15 is 0 Å². The quantitative estimate of drug-likeness (QED) is 0.616. The fourth-order valence-electron chi connectivity index (χ4n) is 2.79. The first-order chi connectivity index (χ1) is 9.65. The molecule has 1 rings (SSSR count). The maximum atomic E-state index is 9.41. The zero-order valence-corrected chi connectivity index (χ0v) is 13.4. The predicted octanol–water partition coefficient (Wildman–Crippen LogP) is 4.52. The zero-order valence-electron chi connectivity index (χ0n) is 13.4. The van der Waals surface area contributed by atoms with Crippen LogP contribution in [0, 0.1) is 5.41 Å². The van der Waals surface area contributed by atoms with Crippen LogP contribution in [0.3, 0.4) is 0 Å². The molecule has 2 heteroatoms. The van der Waals surface area contributed by atoms with E-state index in [2.05, 4.69) is 38.2 Å². The Labute approximate surface area is 124 Å². The Morgan fingerprint density at radius 3 is 2.30 bits per heavy atom. The lowest BCUT2D eigenvalue weighted by molar-refractivity contribution is 0.229. The van der Waals surface area contributed by atoms with Crippen LogP contribution in [-0.2, 0) is 6.42 Å². The Balaban J connectivity index is 2.75. The number of hydrogen-bond donors (Lipinski definition) is 2. The van der Waals surface area contributed by atoms with Crippen molar-refractivity contribution in [2.45, 2.75) is 59.3 Å². The monoisotopic (exact) mass is 277 g/mol. The van der Waals surface area contributed by atoms with E-state index in [1.54, 1.807) is 12.1 Å². The molecule has 0 aliphatic rings. The third-order valence-electron chi connectivity index (χ3n) is 4.25. The molecule has 20 heavy (non-hydrogen) atoms. The summed E-state index contributed by atoms with van der Waals surface area (Å²) in [6.45, 7) is 8.98. The Bertz CT molecular complexity index is 360. The first-order valence-corrected chi connectivity index (χ1v) is 8.14. The topological polar surface area (TPSA) is 32.3 Å². The minimum Gasteiger partial charge on any atom is -0.508 e. The minimum absolute atomic E-state index is 0.349. The molecule has 0 spiro atoms. The molecule has 1 atom stereocenters. The second-order valence-electron chi connectivity index (χ2n) is 5.98. The van der Waals surface area contributed by atoms with Gasteiger partial charge in [-0.25, -0.2) is 0 Å². The van der Waals surface area contributed by atoms with Crippen molar-refractivity contribution in [2.24, 2.45) is 5.41 Å². The van der Waals surface area contributed by atoms with Crippen LogP contribution in [0.25, 0.3) is 0 Å². The number of aromatic hydroxyl groups is 1. The van der Waals surface area contributed by atoms with E-state index in [0.29, 0.717) is 11.2 Å². The summed E-state index contributed by atoms with van der Waals surface area (Å²) in [6.07, 6.45) is 7.31. The van der Waals surface area contributed by atoms with E-state index in [4.69, 9.17) is 0 Å². The highest BCUT2D eigenvalue weighted by Gasteiger charge is 2.27. The van der Waals surface area contributed by atoms with Crippen molar-refractivity contribution in [3.63, 3.8) is 0 Å². The fraction of sp³-hybridized carbons (Fsp3) is 0.667. The van der Waals surface area contributed by atoms with E-state index < -0.39 is 0 Å². The van der Waals surface area contributed by atoms with Gasteiger partial charge in [-0.15, -0.1) is 0 Å². The molecular formula is C18H31NO. The Kier molecular flexibility index (Phi) is 7.68. The summed E-state index contributed by atoms with van der Waals surface area (Å²) in [5.41, 5.74) is 1.68. The molecule has 0 amide bonds. The van der Waals surface area contributed by atoms with Crippen molar-refractivity contribution in [2.75, 3.05) is 13.1 Å². The molecule has 0 radical (unpaired) electrons. The van der Waals surface area contributed by atoms with E-state index in [0.717, 1.165) is 19.5 Å². The number of rotatable bonds is 10. The molecule has 0 aliphatic carbocycles. The van der Waals surface area contributed by atoms with Crippen LogP contribution in [0.2, 0.25) is 0 Å². The van der Waals surface area contributed by atoms with E-state index in [9.17, 15) is 5.11 Å². The Hall–Kier alpha value is -1.02. The molecule has 0 bridgehead atoms. The van der Waals surface area contributed by atoms with E-state index in [1.165, 1.54) is 37.7 Å². The normalized spacial score (nSPS) is 14.2. The van der Waals surface area contributed by atoms with Gasteiger partial charge < -0.3 is 10.4 Å². The highest BCUT2D eigenvalue weighted by atomic mass is 16.3. The number of phenols is 1. The number of phenolic OH excluding ortho intramolecular Hbond substituents is 1. The fourth-order valence-corrected chi connectivity index (χ4v) is 2.79. The summed E-state index contributed by atoms with van der Waals surface area (Å²) in [7, 11) is 0. The van der Waals surface area contributed by atoms with Crippen LogP contribution in [-0.4, -0.2) is 18.2 Å². The smallest absolute Gasteiger partial charge is 0.115 e. The van der Waals surface area contributed by atoms with Crippen LogP contribution in [0.5, 0.6) is 5.75 Å². The molecule has 0 saturated heterocycles. The maximum absolute atomic E-state index is 9.41. The highest BCUT2D eigenvalue weighted by molar-refractivity contribution is 5.26. The van der Waals surface area contributed by atoms with Crippen molar-refractivity contribution in [1.82, 2.24) is 5.32 Å². The van der Waals surface area contributed by atoms with Gasteiger partial charge in [-0.2, -0.15) is 0 Å². The molecule has 0 aromatic heterocycles. The van der Waals surface area contributed by atoms with E-state index in [-0.39, 0.29) is 0 Å². The molecule has 114 valence electrons. The second-order valence-corrected chi connectivity index (χ2v) is 5.98. The summed E-state index contributed by atoms with van der Waals surface area (Å²) in [5.74, 6) is 0.355. The van der Waals surface area contributed by atoms with Gasteiger partial charge in [0.15, 0.2) is 0 Å². The Morgan fingerprint density at radius 1 is 1.05 bits per heavy atom. The number of hydrogen-bond acceptors (Lipinski definition) is 2. The predicted molar refractivity (Wildman–Crippen MR) is 87.2 cm³/mol. The summed E-state index contributed by atoms with van der Waals surface area (Å²) in [6, 6.07) is 7.72. The molecule has 1 aromatic rings. The van der Waals surface area contributed by atoms with Gasteiger partial charge in [0.05, 0.1) is 0 Å². The summed E-state index contributed by atoms with van der Waals surface area (Å²) in [5, 5.41) is 13.0. The van der Waals surface area contributed by atoms with Gasteiger partial charge in [0.2, 0.25) is 0 Å². The van der Waals surface area contributed by atoms with Gasteiger partial charge in [-0.3, -0.25) is 0 Å². The molecule has 0 fully saturated rings. The summed E-state index contributed by atoms with van der Waals surface area (Å²) < 4.78 is 0. The molecule has 1 aromatic carbocycles. The van der Waals surface area contributed by atoms with Gasteiger partial charge >= 0.3 is 0 Å². The van der Waals surface area contributed by atoms with Gasteiger partial charge in [0.1, 0.15) is 5.75 Å². The molecular weight excluding hydrogens is 246 g/mol. The SMILES string of the molecule is CCCCC(CC)(CNCCC)Cc1ccc(O)cc1. The first kappa shape index (κ1) is 17.0. The second kappa shape index (κ2) is 9.02. The number of nitrogens with one attached hydrogen (secondary N) is 1. The van der Waals surface area contributed by atoms with Gasteiger partial charge in [-0.05, 0) is 55.3 Å². The summed E-state index contributed by atoms with van der Waals surface area (Å²) >= 11 is 0. The standard InChI is InChI=1S/C18H31NO/c1-4-7-12-18(6-3,15-19-13-5-2)14-16-8-10-17(20)11-9-16/h8-11,19-20H,4-7,12-15H2,1-3H3. The number of unbranched alkanes of at least 4 members (excludes halogenated alkanes) is 1. The van der Waals surface area contributed by atoms with Crippen molar-refractivity contribution >= 4 is 0 Å². The zero-order chi connectivity index (χ0) is 14.8. The molecule has 1 unspecified atom stereocenters. The first-order valence-electron chi connectivity index (χ1n) is 8.14. The van der Waals surface area contributed by atoms with Crippen LogP contribution in [0.15, 0.2) is 24.3 Å². The van der Waals surface area contributed by atoms with Crippen LogP contribution in [0.4, 0.5) is 0 Å². The van der Waals surface area contributed by atoms with Crippen molar-refractivity contribution in [3.8, 4) is 5.75 Å². The maximum Gasteiger partial charge on any atom is 0.115 e. The van der Waals surface area contributed by atoms with Crippen molar-refractivity contribution in [1.29, 1.82) is 0 Å². The van der Waals surface area contributed by atoms with E-state index in [1.807, 2.05) is 0 Å². The Morgan fingerprint density at radius 2 is 1.75 bits per heavy atom. The third kappa shape index (κ3) is 5.54. The average molecular weight is 277 g/mol. The molecule has 2 N–H and O–H groups in total. The molecule has 0 aliphatic heterocycles. The molecule has 2 nitrogen and oxygen atoms in total. The van der Waals surface area contributed by atoms with Crippen LogP contribution in [0.1, 0.15) is 58.4 Å².